The third-order valence-electron chi connectivity index (χ3n) is 5.50. The van der Waals surface area contributed by atoms with Crippen molar-refractivity contribution in [3.63, 3.8) is 0 Å². The van der Waals surface area contributed by atoms with E-state index in [0.29, 0.717) is 40.7 Å². The highest BCUT2D eigenvalue weighted by molar-refractivity contribution is 7.88. The van der Waals surface area contributed by atoms with Gasteiger partial charge in [-0.2, -0.15) is 0 Å². The summed E-state index contributed by atoms with van der Waals surface area (Å²) in [6, 6.07) is 18.5. The second kappa shape index (κ2) is 9.17. The molecule has 1 amide bonds. The van der Waals surface area contributed by atoms with Crippen LogP contribution in [0.1, 0.15) is 18.4 Å². The molecule has 4 rings (SSSR count). The Morgan fingerprint density at radius 1 is 1.00 bits per heavy atom. The van der Waals surface area contributed by atoms with Crippen LogP contribution in [-0.4, -0.2) is 31.7 Å². The van der Waals surface area contributed by atoms with Crippen molar-refractivity contribution in [1.82, 2.24) is 4.31 Å². The Balaban J connectivity index is 1.44. The van der Waals surface area contributed by atoms with Gasteiger partial charge >= 0.3 is 0 Å². The molecule has 1 atom stereocenters. The van der Waals surface area contributed by atoms with Gasteiger partial charge < -0.3 is 5.32 Å². The van der Waals surface area contributed by atoms with E-state index in [2.05, 4.69) is 5.32 Å². The Morgan fingerprint density at radius 3 is 2.55 bits per heavy atom. The maximum Gasteiger partial charge on any atom is 0.228 e. The quantitative estimate of drug-likeness (QED) is 0.541. The summed E-state index contributed by atoms with van der Waals surface area (Å²) in [6.45, 7) is 0.576. The third-order valence-corrected chi connectivity index (χ3v) is 8.05. The first-order valence-corrected chi connectivity index (χ1v) is 12.4. The highest BCUT2D eigenvalue weighted by Crippen LogP contribution is 2.27. The second-order valence-electron chi connectivity index (χ2n) is 7.75. The number of nitrogens with zero attached hydrogens (tertiary/aromatic N) is 1. The number of carbonyl (C=O) groups is 1. The first kappa shape index (κ1) is 22.1. The van der Waals surface area contributed by atoms with Gasteiger partial charge in [0.1, 0.15) is 0 Å². The van der Waals surface area contributed by atoms with Gasteiger partial charge in [0.05, 0.1) is 21.7 Å². The molecule has 31 heavy (non-hydrogen) atoms. The van der Waals surface area contributed by atoms with Crippen molar-refractivity contribution in [2.45, 2.75) is 18.6 Å². The van der Waals surface area contributed by atoms with Crippen molar-refractivity contribution < 1.29 is 13.2 Å². The van der Waals surface area contributed by atoms with E-state index >= 15 is 0 Å². The van der Waals surface area contributed by atoms with Gasteiger partial charge in [0.25, 0.3) is 0 Å². The lowest BCUT2D eigenvalue weighted by Gasteiger charge is -2.31. The van der Waals surface area contributed by atoms with Crippen molar-refractivity contribution in [1.29, 1.82) is 0 Å². The van der Waals surface area contributed by atoms with E-state index in [9.17, 15) is 13.2 Å². The Hall–Kier alpha value is -2.12. The molecule has 1 aliphatic heterocycles. The fraction of sp³-hybridized carbons (Fsp3) is 0.261. The van der Waals surface area contributed by atoms with Gasteiger partial charge in [-0.1, -0.05) is 59.6 Å². The van der Waals surface area contributed by atoms with E-state index in [1.165, 1.54) is 4.31 Å². The number of fused-ring (bicyclic) bond motifs is 1. The van der Waals surface area contributed by atoms with Crippen LogP contribution < -0.4 is 5.32 Å². The molecule has 1 unspecified atom stereocenters. The van der Waals surface area contributed by atoms with E-state index in [0.717, 1.165) is 10.8 Å². The van der Waals surface area contributed by atoms with Crippen LogP contribution in [0.25, 0.3) is 10.8 Å². The molecule has 0 aliphatic carbocycles. The number of anilines is 1. The summed E-state index contributed by atoms with van der Waals surface area (Å²) < 4.78 is 27.3. The normalized spacial score (nSPS) is 17.5. The summed E-state index contributed by atoms with van der Waals surface area (Å²) in [5.41, 5.74) is 1.27. The third kappa shape index (κ3) is 5.21. The Morgan fingerprint density at radius 2 is 1.77 bits per heavy atom. The van der Waals surface area contributed by atoms with Crippen LogP contribution in [0.2, 0.25) is 10.0 Å². The van der Waals surface area contributed by atoms with Gasteiger partial charge in [-0.25, -0.2) is 12.7 Å². The minimum absolute atomic E-state index is 0.162. The molecule has 1 heterocycles. The standard InChI is InChI=1S/C23H22Cl2N2O3S/c24-21-10-7-16(12-22(21)25)15-31(29,30)27-11-3-6-19(14-27)23(28)26-20-9-8-17-4-1-2-5-18(17)13-20/h1-2,4-5,7-10,12-13,19H,3,6,11,14-15H2,(H,26,28). The number of nitrogens with one attached hydrogen (secondary N) is 1. The highest BCUT2D eigenvalue weighted by Gasteiger charge is 2.32. The van der Waals surface area contributed by atoms with E-state index < -0.39 is 15.9 Å². The fourth-order valence-corrected chi connectivity index (χ4v) is 5.77. The molecule has 0 bridgehead atoms. The number of benzene rings is 3. The van der Waals surface area contributed by atoms with Gasteiger partial charge in [-0.15, -0.1) is 0 Å². The largest absolute Gasteiger partial charge is 0.326 e. The lowest BCUT2D eigenvalue weighted by molar-refractivity contribution is -0.120. The van der Waals surface area contributed by atoms with Crippen LogP contribution in [0.15, 0.2) is 60.7 Å². The molecular weight excluding hydrogens is 455 g/mol. The van der Waals surface area contributed by atoms with E-state index in [-0.39, 0.29) is 18.2 Å². The first-order chi connectivity index (χ1) is 14.8. The van der Waals surface area contributed by atoms with Crippen molar-refractivity contribution in [3.05, 3.63) is 76.3 Å². The summed E-state index contributed by atoms with van der Waals surface area (Å²) in [4.78, 5) is 12.9. The number of piperidine rings is 1. The number of halogens is 2. The summed E-state index contributed by atoms with van der Waals surface area (Å²) in [6.07, 6.45) is 1.29. The minimum Gasteiger partial charge on any atom is -0.326 e. The molecule has 5 nitrogen and oxygen atoms in total. The molecule has 0 spiro atoms. The average molecular weight is 477 g/mol. The summed E-state index contributed by atoms with van der Waals surface area (Å²) in [5, 5.41) is 5.78. The van der Waals surface area contributed by atoms with Crippen LogP contribution in [0.4, 0.5) is 5.69 Å². The van der Waals surface area contributed by atoms with E-state index in [1.54, 1.807) is 18.2 Å². The maximum absolute atomic E-state index is 12.9. The maximum atomic E-state index is 12.9. The van der Waals surface area contributed by atoms with Gasteiger partial charge in [-0.05, 0) is 53.4 Å². The molecular formula is C23H22Cl2N2O3S. The van der Waals surface area contributed by atoms with Crippen molar-refractivity contribution in [2.75, 3.05) is 18.4 Å². The molecule has 0 radical (unpaired) electrons. The zero-order valence-electron chi connectivity index (χ0n) is 16.7. The van der Waals surface area contributed by atoms with Crippen LogP contribution in [0.3, 0.4) is 0 Å². The fourth-order valence-electron chi connectivity index (χ4n) is 3.85. The molecule has 0 saturated carbocycles. The van der Waals surface area contributed by atoms with E-state index in [1.807, 2.05) is 42.5 Å². The van der Waals surface area contributed by atoms with Crippen molar-refractivity contribution in [2.24, 2.45) is 5.92 Å². The van der Waals surface area contributed by atoms with Crippen molar-refractivity contribution >= 4 is 55.6 Å². The number of hydrogen-bond donors (Lipinski definition) is 1. The molecule has 162 valence electrons. The SMILES string of the molecule is O=C(Nc1ccc2ccccc2c1)C1CCCN(S(=O)(=O)Cc2ccc(Cl)c(Cl)c2)C1. The summed E-state index contributed by atoms with van der Waals surface area (Å²) >= 11 is 11.9. The average Bonchev–Trinajstić information content (AvgIpc) is 2.76. The van der Waals surface area contributed by atoms with Gasteiger partial charge in [0.15, 0.2) is 0 Å². The number of amides is 1. The minimum atomic E-state index is -3.58. The van der Waals surface area contributed by atoms with Crippen molar-refractivity contribution in [3.8, 4) is 0 Å². The summed E-state index contributed by atoms with van der Waals surface area (Å²) in [7, 11) is -3.58. The predicted octanol–water partition coefficient (Wildman–Crippen LogP) is 5.33. The molecule has 3 aromatic rings. The molecule has 1 fully saturated rings. The predicted molar refractivity (Wildman–Crippen MR) is 126 cm³/mol. The molecule has 1 aliphatic rings. The van der Waals surface area contributed by atoms with Crippen LogP contribution in [0.5, 0.6) is 0 Å². The zero-order chi connectivity index (χ0) is 22.0. The second-order valence-corrected chi connectivity index (χ2v) is 10.5. The Kier molecular flexibility index (Phi) is 6.53. The molecule has 0 aromatic heterocycles. The Labute approximate surface area is 192 Å². The van der Waals surface area contributed by atoms with Crippen LogP contribution in [0, 0.1) is 5.92 Å². The summed E-state index contributed by atoms with van der Waals surface area (Å²) in [5.74, 6) is -0.739. The zero-order valence-corrected chi connectivity index (χ0v) is 19.1. The number of rotatable bonds is 5. The first-order valence-electron chi connectivity index (χ1n) is 10.0. The number of hydrogen-bond acceptors (Lipinski definition) is 3. The van der Waals surface area contributed by atoms with Gasteiger partial charge in [0, 0.05) is 18.8 Å². The van der Waals surface area contributed by atoms with Gasteiger partial charge in [0.2, 0.25) is 15.9 Å². The van der Waals surface area contributed by atoms with E-state index in [4.69, 9.17) is 23.2 Å². The molecule has 3 aromatic carbocycles. The van der Waals surface area contributed by atoms with Crippen LogP contribution in [-0.2, 0) is 20.6 Å². The number of sulfonamides is 1. The topological polar surface area (TPSA) is 66.5 Å². The number of carbonyl (C=O) groups excluding carboxylic acids is 1. The smallest absolute Gasteiger partial charge is 0.228 e. The van der Waals surface area contributed by atoms with Crippen LogP contribution >= 0.6 is 23.2 Å². The monoisotopic (exact) mass is 476 g/mol. The van der Waals surface area contributed by atoms with Gasteiger partial charge in [-0.3, -0.25) is 4.79 Å². The Bertz CT molecular complexity index is 1230. The molecule has 1 saturated heterocycles. The highest BCUT2D eigenvalue weighted by atomic mass is 35.5. The lowest BCUT2D eigenvalue weighted by Crippen LogP contribution is -2.44. The lowest BCUT2D eigenvalue weighted by atomic mass is 9.98. The molecule has 8 heteroatoms. The molecule has 1 N–H and O–H groups in total.